The summed E-state index contributed by atoms with van der Waals surface area (Å²) < 4.78 is 57.0. The number of urea groups is 1. The Kier molecular flexibility index (Phi) is 9.40. The van der Waals surface area contributed by atoms with Crippen LogP contribution in [-0.2, 0) is 15.6 Å². The van der Waals surface area contributed by atoms with Gasteiger partial charge in [-0.25, -0.2) is 22.0 Å². The summed E-state index contributed by atoms with van der Waals surface area (Å²) in [6.07, 6.45) is 0. The Bertz CT molecular complexity index is 1380. The van der Waals surface area contributed by atoms with Gasteiger partial charge in [0.25, 0.3) is 0 Å². The van der Waals surface area contributed by atoms with Gasteiger partial charge in [-0.1, -0.05) is 47.5 Å². The maximum absolute atomic E-state index is 14.5. The SMILES string of the molecule is CC(C)NC(=O)NCC1(C(C(c2ccc(Cl)cc2)c2ccc(Cl)cc2)S(=O)(=O)Cc2cc(F)cc(F)c2)CNC1. The molecule has 0 aromatic heterocycles. The molecule has 1 fully saturated rings. The van der Waals surface area contributed by atoms with Crippen LogP contribution in [0, 0.1) is 17.0 Å². The normalized spacial score (nSPS) is 15.5. The highest BCUT2D eigenvalue weighted by atomic mass is 35.5. The quantitative estimate of drug-likeness (QED) is 0.276. The molecule has 1 unspecified atom stereocenters. The maximum atomic E-state index is 14.5. The first-order chi connectivity index (χ1) is 18.9. The topological polar surface area (TPSA) is 87.3 Å². The molecule has 11 heteroatoms. The molecule has 0 radical (unpaired) electrons. The number of nitrogens with one attached hydrogen (secondary N) is 3. The monoisotopic (exact) mass is 609 g/mol. The highest BCUT2D eigenvalue weighted by Crippen LogP contribution is 2.45. The van der Waals surface area contributed by atoms with Crippen LogP contribution in [-0.4, -0.2) is 45.4 Å². The zero-order valence-corrected chi connectivity index (χ0v) is 24.4. The Hall–Kier alpha value is -2.72. The van der Waals surface area contributed by atoms with E-state index in [9.17, 15) is 22.0 Å². The first kappa shape index (κ1) is 30.2. The van der Waals surface area contributed by atoms with Gasteiger partial charge in [-0.2, -0.15) is 0 Å². The second kappa shape index (κ2) is 12.4. The third-order valence-corrected chi connectivity index (χ3v) is 9.80. The van der Waals surface area contributed by atoms with Crippen LogP contribution < -0.4 is 16.0 Å². The fourth-order valence-electron chi connectivity index (χ4n) is 5.28. The minimum Gasteiger partial charge on any atom is -0.337 e. The number of rotatable bonds is 10. The fourth-order valence-corrected chi connectivity index (χ4v) is 8.09. The van der Waals surface area contributed by atoms with Crippen molar-refractivity contribution < 1.29 is 22.0 Å². The van der Waals surface area contributed by atoms with Crippen LogP contribution >= 0.6 is 23.2 Å². The van der Waals surface area contributed by atoms with Crippen molar-refractivity contribution in [2.45, 2.75) is 36.8 Å². The van der Waals surface area contributed by atoms with Crippen molar-refractivity contribution in [3.63, 3.8) is 0 Å². The van der Waals surface area contributed by atoms with Crippen LogP contribution in [0.1, 0.15) is 36.5 Å². The van der Waals surface area contributed by atoms with E-state index in [4.69, 9.17) is 23.2 Å². The zero-order valence-electron chi connectivity index (χ0n) is 22.1. The number of halogens is 4. The van der Waals surface area contributed by atoms with Gasteiger partial charge in [-0.15, -0.1) is 0 Å². The predicted octanol–water partition coefficient (Wildman–Crippen LogP) is 5.68. The van der Waals surface area contributed by atoms with E-state index in [1.807, 2.05) is 13.8 Å². The third-order valence-electron chi connectivity index (χ3n) is 7.02. The van der Waals surface area contributed by atoms with E-state index in [2.05, 4.69) is 16.0 Å². The summed E-state index contributed by atoms with van der Waals surface area (Å²) in [6, 6.07) is 16.0. The van der Waals surface area contributed by atoms with E-state index in [1.54, 1.807) is 48.5 Å². The molecular weight excluding hydrogens is 579 g/mol. The van der Waals surface area contributed by atoms with Gasteiger partial charge in [0, 0.05) is 53.1 Å². The molecule has 1 heterocycles. The Morgan fingerprint density at radius 3 is 1.85 bits per heavy atom. The first-order valence-electron chi connectivity index (χ1n) is 12.8. The molecule has 214 valence electrons. The smallest absolute Gasteiger partial charge is 0.315 e. The lowest BCUT2D eigenvalue weighted by Crippen LogP contribution is -2.67. The molecule has 1 saturated heterocycles. The number of sulfone groups is 1. The summed E-state index contributed by atoms with van der Waals surface area (Å²) in [4.78, 5) is 12.6. The average molecular weight is 611 g/mol. The second-order valence-corrected chi connectivity index (χ2v) is 13.5. The van der Waals surface area contributed by atoms with E-state index in [0.717, 1.165) is 12.1 Å². The molecular formula is C29H31Cl2F2N3O3S. The molecule has 6 nitrogen and oxygen atoms in total. The average Bonchev–Trinajstić information content (AvgIpc) is 2.83. The Balaban J connectivity index is 1.86. The fraction of sp³-hybridized carbons (Fsp3) is 0.345. The van der Waals surface area contributed by atoms with Gasteiger partial charge in [0.1, 0.15) is 11.6 Å². The highest BCUT2D eigenvalue weighted by Gasteiger charge is 2.54. The van der Waals surface area contributed by atoms with Gasteiger partial charge in [0.15, 0.2) is 9.84 Å². The molecule has 4 rings (SSSR count). The van der Waals surface area contributed by atoms with E-state index in [1.165, 1.54) is 0 Å². The molecule has 1 aliphatic heterocycles. The summed E-state index contributed by atoms with van der Waals surface area (Å²) >= 11 is 12.3. The molecule has 3 aromatic carbocycles. The molecule has 3 N–H and O–H groups in total. The molecule has 0 spiro atoms. The van der Waals surface area contributed by atoms with E-state index in [-0.39, 0.29) is 18.2 Å². The van der Waals surface area contributed by atoms with Crippen molar-refractivity contribution in [3.05, 3.63) is 105 Å². The van der Waals surface area contributed by atoms with E-state index < -0.39 is 49.8 Å². The van der Waals surface area contributed by atoms with Crippen LogP contribution in [0.2, 0.25) is 10.0 Å². The van der Waals surface area contributed by atoms with Gasteiger partial charge in [-0.3, -0.25) is 0 Å². The first-order valence-corrected chi connectivity index (χ1v) is 15.3. The molecule has 0 saturated carbocycles. The van der Waals surface area contributed by atoms with Crippen LogP contribution in [0.3, 0.4) is 0 Å². The summed E-state index contributed by atoms with van der Waals surface area (Å²) in [5.41, 5.74) is 0.428. The largest absolute Gasteiger partial charge is 0.337 e. The highest BCUT2D eigenvalue weighted by molar-refractivity contribution is 7.91. The van der Waals surface area contributed by atoms with Crippen molar-refractivity contribution in [2.24, 2.45) is 5.41 Å². The van der Waals surface area contributed by atoms with Gasteiger partial charge in [-0.05, 0) is 66.9 Å². The van der Waals surface area contributed by atoms with Gasteiger partial charge in [0.2, 0.25) is 0 Å². The summed E-state index contributed by atoms with van der Waals surface area (Å²) in [7, 11) is -4.13. The second-order valence-electron chi connectivity index (χ2n) is 10.5. The Morgan fingerprint density at radius 1 is 0.925 bits per heavy atom. The Labute approximate surface area is 243 Å². The summed E-state index contributed by atoms with van der Waals surface area (Å²) in [5, 5.41) is 8.67. The predicted molar refractivity (Wildman–Crippen MR) is 154 cm³/mol. The Morgan fingerprint density at radius 2 is 1.43 bits per heavy atom. The van der Waals surface area contributed by atoms with Gasteiger partial charge < -0.3 is 16.0 Å². The molecule has 1 aliphatic rings. The number of amides is 2. The molecule has 0 aliphatic carbocycles. The number of hydrogen-bond donors (Lipinski definition) is 3. The lowest BCUT2D eigenvalue weighted by molar-refractivity contribution is 0.145. The minimum atomic E-state index is -4.13. The van der Waals surface area contributed by atoms with Gasteiger partial charge in [0.05, 0.1) is 11.0 Å². The van der Waals surface area contributed by atoms with Crippen LogP contribution in [0.15, 0.2) is 66.7 Å². The number of benzene rings is 3. The standard InChI is InChI=1S/C29H31Cl2F2N3O3S/c1-18(2)36-28(37)35-17-29(15-34-16-29)27(40(38,39)14-19-11-24(32)13-25(33)12-19)26(20-3-7-22(30)8-4-20)21-5-9-23(31)10-6-21/h3-13,18,26-27,34H,14-17H2,1-2H3,(H2,35,36,37). The number of hydrogen-bond acceptors (Lipinski definition) is 4. The lowest BCUT2D eigenvalue weighted by atomic mass is 9.70. The van der Waals surface area contributed by atoms with E-state index >= 15 is 0 Å². The van der Waals surface area contributed by atoms with E-state index in [0.29, 0.717) is 40.3 Å². The van der Waals surface area contributed by atoms with Crippen LogP contribution in [0.4, 0.5) is 13.6 Å². The van der Waals surface area contributed by atoms with Crippen molar-refractivity contribution in [3.8, 4) is 0 Å². The molecule has 2 amide bonds. The van der Waals surface area contributed by atoms with Crippen molar-refractivity contribution in [2.75, 3.05) is 19.6 Å². The maximum Gasteiger partial charge on any atom is 0.315 e. The van der Waals surface area contributed by atoms with Crippen molar-refractivity contribution >= 4 is 39.1 Å². The van der Waals surface area contributed by atoms with Gasteiger partial charge >= 0.3 is 6.03 Å². The minimum absolute atomic E-state index is 0.00130. The third kappa shape index (κ3) is 7.13. The molecule has 1 atom stereocenters. The summed E-state index contributed by atoms with van der Waals surface area (Å²) in [6.45, 7) is 4.30. The lowest BCUT2D eigenvalue weighted by Gasteiger charge is -2.50. The number of carbonyl (C=O) groups excluding carboxylic acids is 1. The molecule has 40 heavy (non-hydrogen) atoms. The number of carbonyl (C=O) groups is 1. The summed E-state index contributed by atoms with van der Waals surface area (Å²) in [5.74, 6) is -3.03. The molecule has 0 bridgehead atoms. The zero-order chi connectivity index (χ0) is 29.1. The van der Waals surface area contributed by atoms with Crippen molar-refractivity contribution in [1.82, 2.24) is 16.0 Å². The van der Waals surface area contributed by atoms with Crippen molar-refractivity contribution in [1.29, 1.82) is 0 Å². The molecule has 3 aromatic rings. The van der Waals surface area contributed by atoms with Crippen LogP contribution in [0.25, 0.3) is 0 Å². The van der Waals surface area contributed by atoms with Crippen LogP contribution in [0.5, 0.6) is 0 Å².